The zero-order valence-corrected chi connectivity index (χ0v) is 13.2. The van der Waals surface area contributed by atoms with Crippen molar-refractivity contribution in [2.24, 2.45) is 0 Å². The molecule has 0 aliphatic carbocycles. The average Bonchev–Trinajstić information content (AvgIpc) is 2.85. The molecule has 2 aromatic rings. The molecule has 1 aliphatic rings. The average molecular weight is 300 g/mol. The van der Waals surface area contributed by atoms with E-state index in [-0.39, 0.29) is 5.91 Å². The predicted octanol–water partition coefficient (Wildman–Crippen LogP) is 2.43. The highest BCUT2D eigenvalue weighted by atomic mass is 16.5. The molecule has 0 radical (unpaired) electrons. The minimum atomic E-state index is 0.114. The molecule has 1 aliphatic heterocycles. The van der Waals surface area contributed by atoms with E-state index in [1.54, 1.807) is 7.11 Å². The summed E-state index contributed by atoms with van der Waals surface area (Å²) < 4.78 is 10.4. The number of aromatic nitrogens is 1. The van der Waals surface area contributed by atoms with E-state index in [4.69, 9.17) is 9.26 Å². The first-order chi connectivity index (χ1) is 10.6. The van der Waals surface area contributed by atoms with E-state index in [0.29, 0.717) is 13.0 Å². The van der Waals surface area contributed by atoms with Gasteiger partial charge in [-0.05, 0) is 43.5 Å². The molecule has 2 heterocycles. The van der Waals surface area contributed by atoms with Crippen LogP contribution in [0.15, 0.2) is 22.7 Å². The van der Waals surface area contributed by atoms with Crippen molar-refractivity contribution in [3.63, 3.8) is 0 Å². The van der Waals surface area contributed by atoms with Gasteiger partial charge in [0.2, 0.25) is 5.91 Å². The normalized spacial score (nSPS) is 13.9. The van der Waals surface area contributed by atoms with Gasteiger partial charge in [-0.25, -0.2) is 0 Å². The summed E-state index contributed by atoms with van der Waals surface area (Å²) >= 11 is 0. The fourth-order valence-electron chi connectivity index (χ4n) is 2.89. The van der Waals surface area contributed by atoms with Crippen molar-refractivity contribution in [1.82, 2.24) is 10.1 Å². The Bertz CT molecular complexity index is 686. The summed E-state index contributed by atoms with van der Waals surface area (Å²) in [4.78, 5) is 14.5. The lowest BCUT2D eigenvalue weighted by molar-refractivity contribution is -0.131. The number of amides is 1. The van der Waals surface area contributed by atoms with Crippen LogP contribution in [0, 0.1) is 13.8 Å². The first-order valence-electron chi connectivity index (χ1n) is 7.44. The number of carbonyl (C=O) groups excluding carboxylic acids is 1. The second kappa shape index (κ2) is 5.83. The van der Waals surface area contributed by atoms with Crippen LogP contribution in [0.1, 0.15) is 28.1 Å². The fourth-order valence-corrected chi connectivity index (χ4v) is 2.89. The molecule has 0 saturated carbocycles. The summed E-state index contributed by atoms with van der Waals surface area (Å²) in [6.45, 7) is 5.10. The molecule has 5 heteroatoms. The van der Waals surface area contributed by atoms with Crippen molar-refractivity contribution in [1.29, 1.82) is 0 Å². The van der Waals surface area contributed by atoms with E-state index in [2.05, 4.69) is 11.2 Å². The molecule has 1 aromatic carbocycles. The number of methoxy groups -OCH3 is 1. The zero-order chi connectivity index (χ0) is 15.7. The lowest BCUT2D eigenvalue weighted by Gasteiger charge is -2.29. The first kappa shape index (κ1) is 14.6. The predicted molar refractivity (Wildman–Crippen MR) is 81.8 cm³/mol. The maximum atomic E-state index is 12.6. The van der Waals surface area contributed by atoms with Gasteiger partial charge >= 0.3 is 0 Å². The number of carbonyl (C=O) groups is 1. The smallest absolute Gasteiger partial charge is 0.227 e. The van der Waals surface area contributed by atoms with Gasteiger partial charge < -0.3 is 14.2 Å². The van der Waals surface area contributed by atoms with E-state index >= 15 is 0 Å². The highest BCUT2D eigenvalue weighted by Gasteiger charge is 2.23. The fraction of sp³-hybridized carbons (Fsp3) is 0.412. The molecule has 0 bridgehead atoms. The number of hydrogen-bond donors (Lipinski definition) is 0. The minimum absolute atomic E-state index is 0.114. The van der Waals surface area contributed by atoms with Crippen molar-refractivity contribution in [3.05, 3.63) is 46.3 Å². The van der Waals surface area contributed by atoms with Crippen LogP contribution in [0.25, 0.3) is 0 Å². The van der Waals surface area contributed by atoms with Crippen molar-refractivity contribution in [3.8, 4) is 5.75 Å². The summed E-state index contributed by atoms with van der Waals surface area (Å²) in [6, 6.07) is 6.08. The molecule has 22 heavy (non-hydrogen) atoms. The molecule has 1 amide bonds. The van der Waals surface area contributed by atoms with Crippen LogP contribution in [-0.2, 0) is 24.2 Å². The zero-order valence-electron chi connectivity index (χ0n) is 13.2. The summed E-state index contributed by atoms with van der Waals surface area (Å²) in [5.41, 5.74) is 4.16. The monoisotopic (exact) mass is 300 g/mol. The molecular weight excluding hydrogens is 280 g/mol. The molecule has 0 unspecified atom stereocenters. The Kier molecular flexibility index (Phi) is 3.88. The van der Waals surface area contributed by atoms with Crippen LogP contribution in [0.5, 0.6) is 5.75 Å². The number of benzene rings is 1. The van der Waals surface area contributed by atoms with E-state index in [9.17, 15) is 4.79 Å². The van der Waals surface area contributed by atoms with E-state index in [1.165, 1.54) is 5.56 Å². The summed E-state index contributed by atoms with van der Waals surface area (Å²) in [6.07, 6.45) is 1.23. The standard InChI is InChI=1S/C17H20N2O3/c1-11-16(12(2)22-18-11)9-17(20)19-7-6-13-4-5-15(21-3)8-14(13)10-19/h4-5,8H,6-7,9-10H2,1-3H3. The Morgan fingerprint density at radius 3 is 2.86 bits per heavy atom. The van der Waals surface area contributed by atoms with Gasteiger partial charge in [-0.1, -0.05) is 11.2 Å². The highest BCUT2D eigenvalue weighted by molar-refractivity contribution is 5.79. The van der Waals surface area contributed by atoms with Crippen LogP contribution in [-0.4, -0.2) is 29.6 Å². The Balaban J connectivity index is 1.75. The van der Waals surface area contributed by atoms with Crippen molar-refractivity contribution < 1.29 is 14.1 Å². The van der Waals surface area contributed by atoms with Gasteiger partial charge in [0, 0.05) is 18.7 Å². The summed E-state index contributed by atoms with van der Waals surface area (Å²) in [7, 11) is 1.66. The molecule has 0 N–H and O–H groups in total. The number of hydrogen-bond acceptors (Lipinski definition) is 4. The third kappa shape index (κ3) is 2.71. The molecule has 3 rings (SSSR count). The summed E-state index contributed by atoms with van der Waals surface area (Å²) in [5.74, 6) is 1.67. The maximum Gasteiger partial charge on any atom is 0.227 e. The quantitative estimate of drug-likeness (QED) is 0.873. The SMILES string of the molecule is COc1ccc2c(c1)CN(C(=O)Cc1c(C)noc1C)CC2. The molecule has 5 nitrogen and oxygen atoms in total. The Hall–Kier alpha value is -2.30. The first-order valence-corrected chi connectivity index (χ1v) is 7.44. The second-order valence-electron chi connectivity index (χ2n) is 5.68. The van der Waals surface area contributed by atoms with Gasteiger partial charge in [0.05, 0.1) is 19.2 Å². The van der Waals surface area contributed by atoms with Crippen LogP contribution < -0.4 is 4.74 Å². The van der Waals surface area contributed by atoms with Crippen molar-refractivity contribution in [2.45, 2.75) is 33.2 Å². The van der Waals surface area contributed by atoms with E-state index in [1.807, 2.05) is 30.9 Å². The largest absolute Gasteiger partial charge is 0.497 e. The molecule has 0 fully saturated rings. The third-order valence-electron chi connectivity index (χ3n) is 4.29. The van der Waals surface area contributed by atoms with Crippen LogP contribution in [0.4, 0.5) is 0 Å². The molecule has 1 aromatic heterocycles. The third-order valence-corrected chi connectivity index (χ3v) is 4.29. The van der Waals surface area contributed by atoms with Crippen LogP contribution >= 0.6 is 0 Å². The lowest BCUT2D eigenvalue weighted by atomic mass is 9.98. The van der Waals surface area contributed by atoms with Gasteiger partial charge in [0.1, 0.15) is 11.5 Å². The number of rotatable bonds is 3. The van der Waals surface area contributed by atoms with Gasteiger partial charge in [0.15, 0.2) is 0 Å². The number of nitrogens with zero attached hydrogens (tertiary/aromatic N) is 2. The Morgan fingerprint density at radius 2 is 2.18 bits per heavy atom. The maximum absolute atomic E-state index is 12.6. The molecular formula is C17H20N2O3. The Morgan fingerprint density at radius 1 is 1.36 bits per heavy atom. The van der Waals surface area contributed by atoms with Gasteiger partial charge in [-0.15, -0.1) is 0 Å². The minimum Gasteiger partial charge on any atom is -0.497 e. The highest BCUT2D eigenvalue weighted by Crippen LogP contribution is 2.24. The summed E-state index contributed by atoms with van der Waals surface area (Å²) in [5, 5.41) is 3.91. The number of aryl methyl sites for hydroxylation is 2. The van der Waals surface area contributed by atoms with E-state index in [0.717, 1.165) is 41.3 Å². The molecule has 116 valence electrons. The lowest BCUT2D eigenvalue weighted by Crippen LogP contribution is -2.37. The second-order valence-corrected chi connectivity index (χ2v) is 5.68. The number of ether oxygens (including phenoxy) is 1. The van der Waals surface area contributed by atoms with Crippen LogP contribution in [0.2, 0.25) is 0 Å². The van der Waals surface area contributed by atoms with Gasteiger partial charge in [-0.3, -0.25) is 4.79 Å². The van der Waals surface area contributed by atoms with E-state index < -0.39 is 0 Å². The molecule has 0 atom stereocenters. The molecule has 0 saturated heterocycles. The topological polar surface area (TPSA) is 55.6 Å². The number of fused-ring (bicyclic) bond motifs is 1. The Labute approximate surface area is 129 Å². The van der Waals surface area contributed by atoms with Gasteiger partial charge in [0.25, 0.3) is 0 Å². The molecule has 0 spiro atoms. The van der Waals surface area contributed by atoms with Crippen molar-refractivity contribution >= 4 is 5.91 Å². The van der Waals surface area contributed by atoms with Crippen LogP contribution in [0.3, 0.4) is 0 Å². The van der Waals surface area contributed by atoms with Gasteiger partial charge in [-0.2, -0.15) is 0 Å². The van der Waals surface area contributed by atoms with Crippen molar-refractivity contribution in [2.75, 3.05) is 13.7 Å².